The predicted molar refractivity (Wildman–Crippen MR) is 70.6 cm³/mol. The summed E-state index contributed by atoms with van der Waals surface area (Å²) in [6.45, 7) is 7.64. The standard InChI is InChI=1S/C13H19ClN2/c1-12-3-2-4-13(11-12)16-9-7-15(6-5-14)8-10-16/h2-4,11H,5-10H2,1H3. The summed E-state index contributed by atoms with van der Waals surface area (Å²) < 4.78 is 0. The van der Waals surface area contributed by atoms with Crippen LogP contribution in [0.5, 0.6) is 0 Å². The van der Waals surface area contributed by atoms with Crippen LogP contribution in [0, 0.1) is 6.92 Å². The van der Waals surface area contributed by atoms with Crippen molar-refractivity contribution in [2.45, 2.75) is 6.92 Å². The molecular formula is C13H19ClN2. The molecule has 88 valence electrons. The number of halogens is 1. The molecule has 1 aliphatic heterocycles. The number of anilines is 1. The minimum Gasteiger partial charge on any atom is -0.369 e. The summed E-state index contributed by atoms with van der Waals surface area (Å²) in [6.07, 6.45) is 0. The van der Waals surface area contributed by atoms with E-state index < -0.39 is 0 Å². The number of hydrogen-bond donors (Lipinski definition) is 0. The number of benzene rings is 1. The summed E-state index contributed by atoms with van der Waals surface area (Å²) in [7, 11) is 0. The van der Waals surface area contributed by atoms with E-state index in [9.17, 15) is 0 Å². The molecule has 2 nitrogen and oxygen atoms in total. The van der Waals surface area contributed by atoms with Gasteiger partial charge in [0, 0.05) is 44.3 Å². The second kappa shape index (κ2) is 5.55. The van der Waals surface area contributed by atoms with Gasteiger partial charge in [-0.3, -0.25) is 4.90 Å². The van der Waals surface area contributed by atoms with Gasteiger partial charge in [0.15, 0.2) is 0 Å². The third-order valence-electron chi connectivity index (χ3n) is 3.14. The van der Waals surface area contributed by atoms with Crippen molar-refractivity contribution in [3.63, 3.8) is 0 Å². The van der Waals surface area contributed by atoms with Crippen molar-refractivity contribution in [3.05, 3.63) is 29.8 Å². The maximum Gasteiger partial charge on any atom is 0.0369 e. The topological polar surface area (TPSA) is 6.48 Å². The molecule has 0 atom stereocenters. The lowest BCUT2D eigenvalue weighted by Crippen LogP contribution is -2.46. The molecule has 0 saturated carbocycles. The number of hydrogen-bond acceptors (Lipinski definition) is 2. The normalized spacial score (nSPS) is 17.8. The molecule has 1 aliphatic rings. The lowest BCUT2D eigenvalue weighted by atomic mass is 10.2. The highest BCUT2D eigenvalue weighted by atomic mass is 35.5. The van der Waals surface area contributed by atoms with Gasteiger partial charge in [-0.15, -0.1) is 11.6 Å². The van der Waals surface area contributed by atoms with E-state index in [4.69, 9.17) is 11.6 Å². The van der Waals surface area contributed by atoms with E-state index in [0.717, 1.165) is 38.6 Å². The first-order valence-corrected chi connectivity index (χ1v) is 6.43. The van der Waals surface area contributed by atoms with Crippen LogP contribution < -0.4 is 4.90 Å². The quantitative estimate of drug-likeness (QED) is 0.746. The van der Waals surface area contributed by atoms with Crippen molar-refractivity contribution >= 4 is 17.3 Å². The molecule has 1 aromatic rings. The average molecular weight is 239 g/mol. The molecule has 3 heteroatoms. The molecule has 0 aliphatic carbocycles. The minimum atomic E-state index is 0.741. The third kappa shape index (κ3) is 2.89. The molecule has 2 rings (SSSR count). The molecule has 1 saturated heterocycles. The highest BCUT2D eigenvalue weighted by Crippen LogP contribution is 2.17. The molecule has 0 spiro atoms. The van der Waals surface area contributed by atoms with Crippen LogP contribution in [0.1, 0.15) is 5.56 Å². The Labute approximate surface area is 103 Å². The van der Waals surface area contributed by atoms with E-state index in [1.54, 1.807) is 0 Å². The second-order valence-electron chi connectivity index (χ2n) is 4.36. The van der Waals surface area contributed by atoms with Crippen LogP contribution in [0.4, 0.5) is 5.69 Å². The smallest absolute Gasteiger partial charge is 0.0369 e. The zero-order valence-electron chi connectivity index (χ0n) is 9.82. The van der Waals surface area contributed by atoms with Gasteiger partial charge in [0.1, 0.15) is 0 Å². The van der Waals surface area contributed by atoms with E-state index in [1.165, 1.54) is 11.3 Å². The van der Waals surface area contributed by atoms with Crippen LogP contribution in [-0.4, -0.2) is 43.5 Å². The van der Waals surface area contributed by atoms with Crippen molar-refractivity contribution < 1.29 is 0 Å². The van der Waals surface area contributed by atoms with Crippen LogP contribution in [0.15, 0.2) is 24.3 Å². The van der Waals surface area contributed by atoms with E-state index in [1.807, 2.05) is 0 Å². The van der Waals surface area contributed by atoms with Crippen LogP contribution in [0.25, 0.3) is 0 Å². The Kier molecular flexibility index (Phi) is 4.08. The molecule has 1 heterocycles. The van der Waals surface area contributed by atoms with E-state index >= 15 is 0 Å². The Morgan fingerprint density at radius 3 is 2.56 bits per heavy atom. The molecule has 0 aromatic heterocycles. The van der Waals surface area contributed by atoms with E-state index in [0.29, 0.717) is 0 Å². The molecule has 0 N–H and O–H groups in total. The van der Waals surface area contributed by atoms with Crippen molar-refractivity contribution in [1.82, 2.24) is 4.90 Å². The van der Waals surface area contributed by atoms with E-state index in [2.05, 4.69) is 41.0 Å². The van der Waals surface area contributed by atoms with Gasteiger partial charge in [-0.25, -0.2) is 0 Å². The Morgan fingerprint density at radius 2 is 1.94 bits per heavy atom. The molecule has 0 unspecified atom stereocenters. The Balaban J connectivity index is 1.94. The lowest BCUT2D eigenvalue weighted by Gasteiger charge is -2.35. The molecule has 0 bridgehead atoms. The van der Waals surface area contributed by atoms with Gasteiger partial charge in [0.2, 0.25) is 0 Å². The van der Waals surface area contributed by atoms with Crippen molar-refractivity contribution in [2.75, 3.05) is 43.5 Å². The van der Waals surface area contributed by atoms with Gasteiger partial charge < -0.3 is 4.90 Å². The van der Waals surface area contributed by atoms with E-state index in [-0.39, 0.29) is 0 Å². The zero-order chi connectivity index (χ0) is 11.4. The van der Waals surface area contributed by atoms with Gasteiger partial charge in [0.25, 0.3) is 0 Å². The first kappa shape index (κ1) is 11.7. The maximum atomic E-state index is 5.75. The Hall–Kier alpha value is -0.730. The molecule has 0 amide bonds. The fraction of sp³-hybridized carbons (Fsp3) is 0.538. The van der Waals surface area contributed by atoms with Gasteiger partial charge in [-0.05, 0) is 24.6 Å². The van der Waals surface area contributed by atoms with Gasteiger partial charge >= 0.3 is 0 Å². The van der Waals surface area contributed by atoms with Crippen LogP contribution >= 0.6 is 11.6 Å². The summed E-state index contributed by atoms with van der Waals surface area (Å²) in [4.78, 5) is 4.89. The zero-order valence-corrected chi connectivity index (χ0v) is 10.6. The molecule has 1 fully saturated rings. The number of alkyl halides is 1. The van der Waals surface area contributed by atoms with Crippen LogP contribution in [0.3, 0.4) is 0 Å². The minimum absolute atomic E-state index is 0.741. The van der Waals surface area contributed by atoms with Crippen molar-refractivity contribution in [1.29, 1.82) is 0 Å². The van der Waals surface area contributed by atoms with Gasteiger partial charge in [0.05, 0.1) is 0 Å². The number of nitrogens with zero attached hydrogens (tertiary/aromatic N) is 2. The fourth-order valence-electron chi connectivity index (χ4n) is 2.17. The number of aryl methyl sites for hydroxylation is 1. The molecule has 16 heavy (non-hydrogen) atoms. The summed E-state index contributed by atoms with van der Waals surface area (Å²) in [5, 5.41) is 0. The Bertz CT molecular complexity index is 332. The molecule has 1 aromatic carbocycles. The molecule has 0 radical (unpaired) electrons. The van der Waals surface area contributed by atoms with Crippen molar-refractivity contribution in [3.8, 4) is 0 Å². The van der Waals surface area contributed by atoms with Crippen LogP contribution in [0.2, 0.25) is 0 Å². The molecular weight excluding hydrogens is 220 g/mol. The maximum absolute atomic E-state index is 5.75. The lowest BCUT2D eigenvalue weighted by molar-refractivity contribution is 0.272. The first-order valence-electron chi connectivity index (χ1n) is 5.89. The number of rotatable bonds is 3. The largest absolute Gasteiger partial charge is 0.369 e. The second-order valence-corrected chi connectivity index (χ2v) is 4.73. The SMILES string of the molecule is Cc1cccc(N2CCN(CCCl)CC2)c1. The van der Waals surface area contributed by atoms with Crippen LogP contribution in [-0.2, 0) is 0 Å². The first-order chi connectivity index (χ1) is 7.79. The van der Waals surface area contributed by atoms with Crippen molar-refractivity contribution in [2.24, 2.45) is 0 Å². The fourth-order valence-corrected chi connectivity index (χ4v) is 2.41. The summed E-state index contributed by atoms with van der Waals surface area (Å²) in [6, 6.07) is 8.74. The monoisotopic (exact) mass is 238 g/mol. The average Bonchev–Trinajstić information content (AvgIpc) is 2.30. The highest BCUT2D eigenvalue weighted by molar-refractivity contribution is 6.18. The summed E-state index contributed by atoms with van der Waals surface area (Å²) in [5.74, 6) is 0.741. The third-order valence-corrected chi connectivity index (χ3v) is 3.31. The predicted octanol–water partition coefficient (Wildman–Crippen LogP) is 2.36. The summed E-state index contributed by atoms with van der Waals surface area (Å²) >= 11 is 5.75. The van der Waals surface area contributed by atoms with Gasteiger partial charge in [-0.1, -0.05) is 12.1 Å². The highest BCUT2D eigenvalue weighted by Gasteiger charge is 2.16. The number of piperazine rings is 1. The Morgan fingerprint density at radius 1 is 1.19 bits per heavy atom. The van der Waals surface area contributed by atoms with Gasteiger partial charge in [-0.2, -0.15) is 0 Å². The summed E-state index contributed by atoms with van der Waals surface area (Å²) in [5.41, 5.74) is 2.69.